The van der Waals surface area contributed by atoms with Crippen LogP contribution in [0.2, 0.25) is 0 Å². The lowest BCUT2D eigenvalue weighted by Gasteiger charge is -2.23. The molecule has 1 saturated carbocycles. The van der Waals surface area contributed by atoms with Crippen LogP contribution in [-0.2, 0) is 27.3 Å². The maximum Gasteiger partial charge on any atom is 0.351 e. The van der Waals surface area contributed by atoms with Gasteiger partial charge < -0.3 is 21.4 Å². The second-order valence-electron chi connectivity index (χ2n) is 7.42. The molecule has 1 aliphatic carbocycles. The van der Waals surface area contributed by atoms with E-state index in [4.69, 9.17) is 21.4 Å². The summed E-state index contributed by atoms with van der Waals surface area (Å²) < 4.78 is 0. The number of hydrogen-bond acceptors (Lipinski definition) is 6. The number of carbonyl (C=O) groups is 2. The first kappa shape index (κ1) is 22.0. The number of hydrogen-bond donors (Lipinski definition) is 3. The number of aliphatic carboxylic acids is 1. The molecule has 0 heterocycles. The van der Waals surface area contributed by atoms with Gasteiger partial charge in [-0.15, -0.1) is 0 Å². The fourth-order valence-electron chi connectivity index (χ4n) is 3.46. The number of nitrogens with two attached hydrogens (primary N) is 2. The normalized spacial score (nSPS) is 19.4. The average molecular weight is 389 g/mol. The van der Waals surface area contributed by atoms with Crippen molar-refractivity contribution < 1.29 is 19.5 Å². The van der Waals surface area contributed by atoms with Crippen LogP contribution < -0.4 is 11.5 Å². The largest absolute Gasteiger partial charge is 0.481 e. The third-order valence-corrected chi connectivity index (χ3v) is 5.09. The summed E-state index contributed by atoms with van der Waals surface area (Å²) in [5.74, 6) is -1.11. The average Bonchev–Trinajstić information content (AvgIpc) is 2.68. The third-order valence-electron chi connectivity index (χ3n) is 5.09. The molecule has 7 nitrogen and oxygen atoms in total. The monoisotopic (exact) mass is 389 g/mol. The van der Waals surface area contributed by atoms with Crippen molar-refractivity contribution >= 4 is 17.7 Å². The van der Waals surface area contributed by atoms with E-state index in [9.17, 15) is 9.59 Å². The Morgan fingerprint density at radius 2 is 1.89 bits per heavy atom. The molecule has 1 aromatic rings. The van der Waals surface area contributed by atoms with Gasteiger partial charge in [-0.1, -0.05) is 42.3 Å². The molecule has 28 heavy (non-hydrogen) atoms. The Morgan fingerprint density at radius 3 is 2.57 bits per heavy atom. The Labute approximate surface area is 166 Å². The highest BCUT2D eigenvalue weighted by Gasteiger charge is 2.23. The van der Waals surface area contributed by atoms with Gasteiger partial charge in [-0.05, 0) is 56.2 Å². The smallest absolute Gasteiger partial charge is 0.351 e. The number of oxime groups is 1. The van der Waals surface area contributed by atoms with Crippen LogP contribution in [0.1, 0.15) is 56.1 Å². The molecule has 0 aliphatic heterocycles. The first-order valence-corrected chi connectivity index (χ1v) is 10.0. The highest BCUT2D eigenvalue weighted by Crippen LogP contribution is 2.26. The van der Waals surface area contributed by atoms with Crippen molar-refractivity contribution in [3.8, 4) is 0 Å². The van der Waals surface area contributed by atoms with Gasteiger partial charge in [-0.3, -0.25) is 4.79 Å². The molecule has 0 spiro atoms. The molecule has 0 amide bonds. The standard InChI is InChI=1S/C21H31N3O4/c22-12-4-3-6-18(23)21(27)28-24-19-7-2-1-5-17(19)13-15-8-10-16(11-9-15)14-20(25)26/h8-11,17-18H,1-7,12-14,22-23H2,(H,25,26)/t17?,18-/m0/s1. The molecule has 0 aromatic heterocycles. The second kappa shape index (κ2) is 11.6. The zero-order valence-electron chi connectivity index (χ0n) is 16.3. The van der Waals surface area contributed by atoms with Gasteiger partial charge in [0.15, 0.2) is 0 Å². The van der Waals surface area contributed by atoms with Crippen LogP contribution in [0.4, 0.5) is 0 Å². The second-order valence-corrected chi connectivity index (χ2v) is 7.42. The van der Waals surface area contributed by atoms with Crippen LogP contribution >= 0.6 is 0 Å². The van der Waals surface area contributed by atoms with Crippen molar-refractivity contribution in [2.24, 2.45) is 22.5 Å². The molecule has 1 unspecified atom stereocenters. The minimum atomic E-state index is -0.836. The van der Waals surface area contributed by atoms with Gasteiger partial charge in [0.25, 0.3) is 0 Å². The number of nitrogens with zero attached hydrogens (tertiary/aromatic N) is 1. The van der Waals surface area contributed by atoms with Gasteiger partial charge in [0.05, 0.1) is 12.1 Å². The predicted molar refractivity (Wildman–Crippen MR) is 108 cm³/mol. The van der Waals surface area contributed by atoms with Gasteiger partial charge in [0.2, 0.25) is 0 Å². The molecule has 5 N–H and O–H groups in total. The van der Waals surface area contributed by atoms with Crippen LogP contribution in [0.25, 0.3) is 0 Å². The lowest BCUT2D eigenvalue weighted by Crippen LogP contribution is -2.32. The van der Waals surface area contributed by atoms with Crippen LogP contribution in [0, 0.1) is 5.92 Å². The first-order chi connectivity index (χ1) is 13.5. The van der Waals surface area contributed by atoms with Crippen LogP contribution in [0.15, 0.2) is 29.4 Å². The Morgan fingerprint density at radius 1 is 1.18 bits per heavy atom. The van der Waals surface area contributed by atoms with E-state index in [1.165, 1.54) is 0 Å². The summed E-state index contributed by atoms with van der Waals surface area (Å²) in [6, 6.07) is 6.96. The van der Waals surface area contributed by atoms with Crippen LogP contribution in [-0.4, -0.2) is 35.3 Å². The maximum absolute atomic E-state index is 12.0. The minimum absolute atomic E-state index is 0.0257. The third kappa shape index (κ3) is 7.40. The molecule has 0 saturated heterocycles. The highest BCUT2D eigenvalue weighted by molar-refractivity contribution is 5.88. The SMILES string of the molecule is NCCCC[C@H](N)C(=O)ON=C1CCCCC1Cc1ccc(CC(=O)O)cc1. The van der Waals surface area contributed by atoms with E-state index >= 15 is 0 Å². The summed E-state index contributed by atoms with van der Waals surface area (Å²) >= 11 is 0. The van der Waals surface area contributed by atoms with Gasteiger partial charge in [-0.25, -0.2) is 4.79 Å². The predicted octanol–water partition coefficient (Wildman–Crippen LogP) is 2.40. The fraction of sp³-hybridized carbons (Fsp3) is 0.571. The molecule has 1 fully saturated rings. The van der Waals surface area contributed by atoms with Gasteiger partial charge in [-0.2, -0.15) is 0 Å². The van der Waals surface area contributed by atoms with Crippen LogP contribution in [0.5, 0.6) is 0 Å². The van der Waals surface area contributed by atoms with E-state index in [1.54, 1.807) is 0 Å². The molecular weight excluding hydrogens is 358 g/mol. The fourth-order valence-corrected chi connectivity index (χ4v) is 3.46. The molecule has 154 valence electrons. The molecule has 2 rings (SSSR count). The topological polar surface area (TPSA) is 128 Å². The zero-order chi connectivity index (χ0) is 20.4. The summed E-state index contributed by atoms with van der Waals surface area (Å²) in [5, 5.41) is 13.0. The maximum atomic E-state index is 12.0. The Balaban J connectivity index is 1.92. The Bertz CT molecular complexity index is 673. The van der Waals surface area contributed by atoms with Crippen LogP contribution in [0.3, 0.4) is 0 Å². The summed E-state index contributed by atoms with van der Waals surface area (Å²) in [6.45, 7) is 0.586. The molecule has 1 aromatic carbocycles. The minimum Gasteiger partial charge on any atom is -0.481 e. The van der Waals surface area contributed by atoms with E-state index in [0.717, 1.165) is 61.8 Å². The molecule has 2 atom stereocenters. The summed E-state index contributed by atoms with van der Waals surface area (Å²) in [5.41, 5.74) is 14.1. The van der Waals surface area contributed by atoms with E-state index in [1.807, 2.05) is 24.3 Å². The lowest BCUT2D eigenvalue weighted by molar-refractivity contribution is -0.145. The number of carboxylic acids is 1. The summed E-state index contributed by atoms with van der Waals surface area (Å²) in [4.78, 5) is 28.0. The Kier molecular flexibility index (Phi) is 9.10. The van der Waals surface area contributed by atoms with Gasteiger partial charge in [0.1, 0.15) is 6.04 Å². The molecule has 0 radical (unpaired) electrons. The quantitative estimate of drug-likeness (QED) is 0.320. The number of carboxylic acid groups (broad SMARTS) is 1. The van der Waals surface area contributed by atoms with Crippen molar-refractivity contribution in [2.75, 3.05) is 6.54 Å². The number of rotatable bonds is 10. The number of benzene rings is 1. The summed E-state index contributed by atoms with van der Waals surface area (Å²) in [6.07, 6.45) is 6.97. The van der Waals surface area contributed by atoms with Crippen molar-refractivity contribution in [1.82, 2.24) is 0 Å². The van der Waals surface area contributed by atoms with E-state index < -0.39 is 18.0 Å². The first-order valence-electron chi connectivity index (χ1n) is 10.0. The van der Waals surface area contributed by atoms with Crippen molar-refractivity contribution in [2.45, 2.75) is 63.8 Å². The lowest BCUT2D eigenvalue weighted by atomic mass is 9.83. The zero-order valence-corrected chi connectivity index (χ0v) is 16.3. The van der Waals surface area contributed by atoms with E-state index in [0.29, 0.717) is 13.0 Å². The number of unbranched alkanes of at least 4 members (excludes halogenated alkanes) is 1. The van der Waals surface area contributed by atoms with E-state index in [2.05, 4.69) is 5.16 Å². The van der Waals surface area contributed by atoms with Crippen molar-refractivity contribution in [3.63, 3.8) is 0 Å². The summed E-state index contributed by atoms with van der Waals surface area (Å²) in [7, 11) is 0. The highest BCUT2D eigenvalue weighted by atomic mass is 16.7. The molecule has 1 aliphatic rings. The van der Waals surface area contributed by atoms with Gasteiger partial charge in [0, 0.05) is 5.92 Å². The van der Waals surface area contributed by atoms with Crippen molar-refractivity contribution in [1.29, 1.82) is 0 Å². The van der Waals surface area contributed by atoms with Gasteiger partial charge >= 0.3 is 11.9 Å². The molecule has 7 heteroatoms. The number of carbonyl (C=O) groups excluding carboxylic acids is 1. The Hall–Kier alpha value is -2.25. The molecular formula is C21H31N3O4. The molecule has 0 bridgehead atoms. The van der Waals surface area contributed by atoms with E-state index in [-0.39, 0.29) is 12.3 Å². The van der Waals surface area contributed by atoms with Crippen molar-refractivity contribution in [3.05, 3.63) is 35.4 Å².